The fourth-order valence-electron chi connectivity index (χ4n) is 0.514. The van der Waals surface area contributed by atoms with Crippen LogP contribution in [0.15, 0.2) is 24.3 Å². The van der Waals surface area contributed by atoms with E-state index in [4.69, 9.17) is 10.7 Å². The lowest BCUT2D eigenvalue weighted by atomic mass is 10.3. The van der Waals surface area contributed by atoms with Crippen LogP contribution >= 0.6 is 0 Å². The number of hydrogen-bond donors (Lipinski definition) is 2. The molecule has 1 aromatic carbocycles. The minimum Gasteiger partial charge on any atom is -0.508 e. The van der Waals surface area contributed by atoms with Crippen molar-refractivity contribution in [2.45, 2.75) is 0 Å². The van der Waals surface area contributed by atoms with Crippen molar-refractivity contribution >= 4 is 0 Å². The van der Waals surface area contributed by atoms with Crippen LogP contribution in [-0.2, 0) is 0 Å². The first-order valence-electron chi connectivity index (χ1n) is 2.45. The first kappa shape index (κ1) is 5.75. The molecule has 0 bridgehead atoms. The molecule has 0 aliphatic carbocycles. The molecule has 0 aliphatic rings. The van der Waals surface area contributed by atoms with Gasteiger partial charge in [0.15, 0.2) is 0 Å². The van der Waals surface area contributed by atoms with Crippen LogP contribution in [0.1, 0.15) is 0 Å². The molecule has 2 N–H and O–H groups in total. The van der Waals surface area contributed by atoms with E-state index >= 15 is 0 Å². The van der Waals surface area contributed by atoms with Crippen LogP contribution in [0, 0.1) is 10.1 Å². The van der Waals surface area contributed by atoms with Gasteiger partial charge in [-0.15, -0.1) is 0 Å². The summed E-state index contributed by atoms with van der Waals surface area (Å²) in [6, 6.07) is 5.96. The molecular weight excluding hydrogens is 118 g/mol. The van der Waals surface area contributed by atoms with Crippen LogP contribution < -0.4 is 0 Å². The normalized spacial score (nSPS) is 8.89. The molecule has 0 fully saturated rings. The Morgan fingerprint density at radius 3 is 2.22 bits per heavy atom. The fourth-order valence-corrected chi connectivity index (χ4v) is 0.514. The van der Waals surface area contributed by atoms with E-state index in [1.165, 1.54) is 24.3 Å². The van der Waals surface area contributed by atoms with Crippen LogP contribution in [0.2, 0.25) is 0 Å². The Morgan fingerprint density at radius 1 is 1.22 bits per heavy atom. The van der Waals surface area contributed by atoms with Crippen molar-refractivity contribution in [1.82, 2.24) is 0 Å². The van der Waals surface area contributed by atoms with Gasteiger partial charge >= 0.3 is 5.75 Å². The molecule has 0 atom stereocenters. The molecule has 1 aromatic rings. The van der Waals surface area contributed by atoms with E-state index in [1.807, 2.05) is 0 Å². The minimum absolute atomic E-state index is 0.177. The predicted molar refractivity (Wildman–Crippen MR) is 33.6 cm³/mol. The minimum atomic E-state index is 0.177. The van der Waals surface area contributed by atoms with Crippen molar-refractivity contribution in [1.29, 1.82) is 5.59 Å². The van der Waals surface area contributed by atoms with Gasteiger partial charge in [-0.3, -0.25) is 0 Å². The van der Waals surface area contributed by atoms with Gasteiger partial charge in [0.25, 0.3) is 0 Å². The van der Waals surface area contributed by atoms with E-state index < -0.39 is 0 Å². The number of benzene rings is 1. The van der Waals surface area contributed by atoms with Gasteiger partial charge in [0.1, 0.15) is 11.3 Å². The summed E-state index contributed by atoms with van der Waals surface area (Å²) in [7, 11) is 0. The number of aromatic hydroxyl groups is 1. The summed E-state index contributed by atoms with van der Waals surface area (Å²) >= 11 is 0. The quantitative estimate of drug-likeness (QED) is 0.552. The second-order valence-corrected chi connectivity index (χ2v) is 1.60. The second-order valence-electron chi connectivity index (χ2n) is 1.60. The Labute approximate surface area is 52.0 Å². The lowest BCUT2D eigenvalue weighted by molar-refractivity contribution is 0.475. The third-order valence-corrected chi connectivity index (χ3v) is 0.955. The van der Waals surface area contributed by atoms with Crippen molar-refractivity contribution < 1.29 is 5.11 Å². The maximum Gasteiger partial charge on any atom is 0.398 e. The Balaban J connectivity index is 3.01. The number of rotatable bonds is 1. The van der Waals surface area contributed by atoms with Crippen molar-refractivity contribution in [3.8, 4) is 11.5 Å². The molecule has 0 radical (unpaired) electrons. The molecule has 0 heterocycles. The van der Waals surface area contributed by atoms with Gasteiger partial charge in [-0.05, 0) is 12.1 Å². The molecule has 0 saturated heterocycles. The molecule has 0 amide bonds. The topological polar surface area (TPSA) is 55.4 Å². The standard InChI is InChI=1S/C6H5NO2/c7-9-6-3-1-5(8)2-4-6/h1-4,7H/p+1. The van der Waals surface area contributed by atoms with E-state index in [0.717, 1.165) is 0 Å². The first-order valence-corrected chi connectivity index (χ1v) is 2.45. The summed E-state index contributed by atoms with van der Waals surface area (Å²) in [5.74, 6) is 0.601. The monoisotopic (exact) mass is 124 g/mol. The van der Waals surface area contributed by atoms with Gasteiger partial charge in [0.05, 0.1) is 12.1 Å². The lowest BCUT2D eigenvalue weighted by Crippen LogP contribution is -1.61. The molecule has 1 rings (SSSR count). The molecule has 0 unspecified atom stereocenters. The van der Waals surface area contributed by atoms with Gasteiger partial charge < -0.3 is 5.11 Å². The molecule has 9 heavy (non-hydrogen) atoms. The predicted octanol–water partition coefficient (Wildman–Crippen LogP) is 1.99. The second kappa shape index (κ2) is 2.26. The zero-order chi connectivity index (χ0) is 6.69. The third-order valence-electron chi connectivity index (χ3n) is 0.955. The van der Waals surface area contributed by atoms with Crippen LogP contribution in [0.4, 0.5) is 0 Å². The average Bonchev–Trinajstić information content (AvgIpc) is 1.90. The van der Waals surface area contributed by atoms with Gasteiger partial charge in [-0.1, -0.05) is 4.54 Å². The van der Waals surface area contributed by atoms with Crippen molar-refractivity contribution in [3.63, 3.8) is 0 Å². The van der Waals surface area contributed by atoms with E-state index in [0.29, 0.717) is 5.75 Å². The Bertz CT molecular complexity index is 205. The summed E-state index contributed by atoms with van der Waals surface area (Å²) in [6.07, 6.45) is 0. The highest BCUT2D eigenvalue weighted by molar-refractivity contribution is 5.38. The van der Waals surface area contributed by atoms with Gasteiger partial charge in [-0.2, -0.15) is 0 Å². The summed E-state index contributed by atoms with van der Waals surface area (Å²) in [4.78, 5) is 0. The first-order chi connectivity index (χ1) is 4.33. The molecule has 46 valence electrons. The molecule has 0 aliphatic heterocycles. The summed E-state index contributed by atoms with van der Waals surface area (Å²) in [6.45, 7) is 0. The molecular formula is C6H6NO2+. The Kier molecular flexibility index (Phi) is 1.44. The Hall–Kier alpha value is -1.38. The third kappa shape index (κ3) is 1.25. The van der Waals surface area contributed by atoms with Crippen molar-refractivity contribution in [2.75, 3.05) is 0 Å². The highest BCUT2D eigenvalue weighted by Gasteiger charge is 1.98. The smallest absolute Gasteiger partial charge is 0.398 e. The Morgan fingerprint density at radius 2 is 1.78 bits per heavy atom. The van der Waals surface area contributed by atoms with E-state index in [2.05, 4.69) is 4.54 Å². The lowest BCUT2D eigenvalue weighted by Gasteiger charge is -1.82. The van der Waals surface area contributed by atoms with Gasteiger partial charge in [-0.25, -0.2) is 0 Å². The maximum atomic E-state index is 8.74. The van der Waals surface area contributed by atoms with Crippen LogP contribution in [0.3, 0.4) is 0 Å². The number of hydrogen-bond acceptors (Lipinski definition) is 2. The van der Waals surface area contributed by atoms with Gasteiger partial charge in [0, 0.05) is 0 Å². The number of nitroso groups, excluding NO2 is 1. The maximum absolute atomic E-state index is 8.74. The highest BCUT2D eigenvalue weighted by atomic mass is 16.4. The number of nitrogens with one attached hydrogen (secondary N) is 1. The van der Waals surface area contributed by atoms with Gasteiger partial charge in [0.2, 0.25) is 0 Å². The van der Waals surface area contributed by atoms with Crippen LogP contribution in [0.25, 0.3) is 0 Å². The highest BCUT2D eigenvalue weighted by Crippen LogP contribution is 2.16. The fraction of sp³-hybridized carbons (Fsp3) is 0. The largest absolute Gasteiger partial charge is 0.508 e. The zero-order valence-corrected chi connectivity index (χ0v) is 4.66. The summed E-state index contributed by atoms with van der Waals surface area (Å²) < 4.78 is 4.11. The van der Waals surface area contributed by atoms with E-state index in [-0.39, 0.29) is 5.75 Å². The number of phenolic OH excluding ortho intramolecular Hbond substituents is 1. The molecule has 0 saturated carbocycles. The SMILES string of the molecule is N=[O+]c1ccc(O)cc1. The molecule has 0 spiro atoms. The summed E-state index contributed by atoms with van der Waals surface area (Å²) in [5, 5.41) is 8.74. The van der Waals surface area contributed by atoms with Crippen LogP contribution in [0.5, 0.6) is 11.5 Å². The molecule has 0 aromatic heterocycles. The zero-order valence-electron chi connectivity index (χ0n) is 4.66. The van der Waals surface area contributed by atoms with E-state index in [9.17, 15) is 0 Å². The number of phenols is 1. The van der Waals surface area contributed by atoms with Crippen LogP contribution in [-0.4, -0.2) is 5.11 Å². The molecule has 3 nitrogen and oxygen atoms in total. The summed E-state index contributed by atoms with van der Waals surface area (Å²) in [5.41, 5.74) is 6.43. The van der Waals surface area contributed by atoms with Crippen molar-refractivity contribution in [3.05, 3.63) is 28.8 Å². The average molecular weight is 124 g/mol. The van der Waals surface area contributed by atoms with E-state index in [1.54, 1.807) is 0 Å². The van der Waals surface area contributed by atoms with Crippen molar-refractivity contribution in [2.24, 2.45) is 0 Å². The molecule has 3 heteroatoms.